The van der Waals surface area contributed by atoms with Gasteiger partial charge >= 0.3 is 0 Å². The Kier molecular flexibility index (Phi) is 4.18. The Morgan fingerprint density at radius 2 is 1.94 bits per heavy atom. The monoisotopic (exact) mass is 226 g/mol. The minimum absolute atomic E-state index is 0.182. The Bertz CT molecular complexity index is 231. The molecule has 2 fully saturated rings. The van der Waals surface area contributed by atoms with Crippen LogP contribution >= 0.6 is 0 Å². The van der Waals surface area contributed by atoms with Gasteiger partial charge < -0.3 is 15.8 Å². The van der Waals surface area contributed by atoms with Crippen LogP contribution in [0, 0.1) is 5.92 Å². The minimum Gasteiger partial charge on any atom is -0.379 e. The van der Waals surface area contributed by atoms with Crippen molar-refractivity contribution in [2.45, 2.75) is 50.6 Å². The molecule has 92 valence electrons. The maximum atomic E-state index is 12.0. The lowest BCUT2D eigenvalue weighted by Crippen LogP contribution is -2.44. The molecule has 1 aliphatic carbocycles. The molecule has 2 rings (SSSR count). The first-order valence-corrected chi connectivity index (χ1v) is 6.39. The Labute approximate surface area is 96.9 Å². The molecule has 1 amide bonds. The number of rotatable bonds is 2. The second-order valence-electron chi connectivity index (χ2n) is 5.03. The zero-order valence-electron chi connectivity index (χ0n) is 9.78. The topological polar surface area (TPSA) is 64.4 Å². The predicted octanol–water partition coefficient (Wildman–Crippen LogP) is 0.799. The summed E-state index contributed by atoms with van der Waals surface area (Å²) in [5, 5.41) is 3.10. The highest BCUT2D eigenvalue weighted by atomic mass is 16.5. The molecule has 1 aliphatic heterocycles. The summed E-state index contributed by atoms with van der Waals surface area (Å²) in [6.45, 7) is 1.52. The molecule has 2 aliphatic rings. The fourth-order valence-corrected chi connectivity index (χ4v) is 2.55. The van der Waals surface area contributed by atoms with Crippen molar-refractivity contribution >= 4 is 5.91 Å². The summed E-state index contributed by atoms with van der Waals surface area (Å²) in [6, 6.07) is 0.541. The lowest BCUT2D eigenvalue weighted by molar-refractivity contribution is -0.127. The van der Waals surface area contributed by atoms with Crippen molar-refractivity contribution in [3.8, 4) is 0 Å². The lowest BCUT2D eigenvalue weighted by atomic mass is 9.85. The van der Waals surface area contributed by atoms with Crippen molar-refractivity contribution in [2.75, 3.05) is 13.2 Å². The van der Waals surface area contributed by atoms with E-state index < -0.39 is 0 Å². The highest BCUT2D eigenvalue weighted by Gasteiger charge is 2.26. The van der Waals surface area contributed by atoms with Crippen LogP contribution in [0.3, 0.4) is 0 Å². The molecular formula is C12H22N2O2. The van der Waals surface area contributed by atoms with Crippen molar-refractivity contribution in [3.63, 3.8) is 0 Å². The molecule has 0 aromatic heterocycles. The number of hydrogen-bond donors (Lipinski definition) is 2. The molecule has 16 heavy (non-hydrogen) atoms. The smallest absolute Gasteiger partial charge is 0.223 e. The first kappa shape index (κ1) is 11.9. The summed E-state index contributed by atoms with van der Waals surface area (Å²) in [7, 11) is 0. The Morgan fingerprint density at radius 3 is 2.56 bits per heavy atom. The molecule has 0 bridgehead atoms. The molecule has 1 unspecified atom stereocenters. The van der Waals surface area contributed by atoms with Crippen molar-refractivity contribution in [1.29, 1.82) is 0 Å². The van der Waals surface area contributed by atoms with E-state index in [-0.39, 0.29) is 17.9 Å². The van der Waals surface area contributed by atoms with Gasteiger partial charge in [0.2, 0.25) is 5.91 Å². The molecule has 0 radical (unpaired) electrons. The van der Waals surface area contributed by atoms with E-state index in [1.165, 1.54) is 0 Å². The lowest BCUT2D eigenvalue weighted by Gasteiger charge is -2.28. The summed E-state index contributed by atoms with van der Waals surface area (Å²) >= 11 is 0. The van der Waals surface area contributed by atoms with Gasteiger partial charge in [0.15, 0.2) is 0 Å². The molecule has 0 aromatic rings. The Morgan fingerprint density at radius 1 is 1.19 bits per heavy atom. The first-order valence-electron chi connectivity index (χ1n) is 6.39. The third kappa shape index (κ3) is 3.19. The van der Waals surface area contributed by atoms with Gasteiger partial charge in [-0.3, -0.25) is 4.79 Å². The van der Waals surface area contributed by atoms with Crippen molar-refractivity contribution in [1.82, 2.24) is 5.32 Å². The van der Waals surface area contributed by atoms with Gasteiger partial charge in [0.05, 0.1) is 12.6 Å². The van der Waals surface area contributed by atoms with Gasteiger partial charge in [-0.25, -0.2) is 0 Å². The summed E-state index contributed by atoms with van der Waals surface area (Å²) < 4.78 is 5.35. The molecular weight excluding hydrogens is 204 g/mol. The average Bonchev–Trinajstić information content (AvgIpc) is 2.31. The normalized spacial score (nSPS) is 35.7. The van der Waals surface area contributed by atoms with Gasteiger partial charge in [-0.15, -0.1) is 0 Å². The van der Waals surface area contributed by atoms with E-state index in [4.69, 9.17) is 10.5 Å². The zero-order valence-corrected chi connectivity index (χ0v) is 9.78. The molecule has 4 heteroatoms. The molecule has 1 saturated carbocycles. The van der Waals surface area contributed by atoms with E-state index in [0.717, 1.165) is 45.1 Å². The van der Waals surface area contributed by atoms with Crippen LogP contribution in [0.15, 0.2) is 0 Å². The predicted molar refractivity (Wildman–Crippen MR) is 61.9 cm³/mol. The second kappa shape index (κ2) is 5.64. The number of nitrogens with two attached hydrogens (primary N) is 1. The number of hydrogen-bond acceptors (Lipinski definition) is 3. The number of nitrogens with one attached hydrogen (secondary N) is 1. The summed E-state index contributed by atoms with van der Waals surface area (Å²) in [5.41, 5.74) is 5.83. The Balaban J connectivity index is 1.74. The summed E-state index contributed by atoms with van der Waals surface area (Å²) in [4.78, 5) is 12.0. The fourth-order valence-electron chi connectivity index (χ4n) is 2.55. The summed E-state index contributed by atoms with van der Waals surface area (Å²) in [5.74, 6) is 0.393. The standard InChI is InChI=1S/C12H22N2O2/c13-10-5-3-9(4-6-10)12(15)14-11-2-1-7-16-8-11/h9-11H,1-8,13H2,(H,14,15). The second-order valence-corrected chi connectivity index (χ2v) is 5.03. The van der Waals surface area contributed by atoms with Gasteiger partial charge in [0, 0.05) is 18.6 Å². The van der Waals surface area contributed by atoms with Crippen molar-refractivity contribution in [3.05, 3.63) is 0 Å². The van der Waals surface area contributed by atoms with Gasteiger partial charge in [0.25, 0.3) is 0 Å². The number of ether oxygens (including phenoxy) is 1. The molecule has 3 N–H and O–H groups in total. The van der Waals surface area contributed by atoms with Crippen molar-refractivity contribution in [2.24, 2.45) is 11.7 Å². The number of carbonyl (C=O) groups is 1. The largest absolute Gasteiger partial charge is 0.379 e. The van der Waals surface area contributed by atoms with E-state index >= 15 is 0 Å². The molecule has 4 nitrogen and oxygen atoms in total. The van der Waals surface area contributed by atoms with Crippen LogP contribution in [0.1, 0.15) is 38.5 Å². The van der Waals surface area contributed by atoms with Gasteiger partial charge in [-0.05, 0) is 38.5 Å². The van der Waals surface area contributed by atoms with Crippen LogP contribution in [0.25, 0.3) is 0 Å². The highest BCUT2D eigenvalue weighted by Crippen LogP contribution is 2.23. The first-order chi connectivity index (χ1) is 7.75. The van der Waals surface area contributed by atoms with Crippen LogP contribution in [-0.2, 0) is 9.53 Å². The van der Waals surface area contributed by atoms with Crippen LogP contribution in [0.5, 0.6) is 0 Å². The van der Waals surface area contributed by atoms with Crippen LogP contribution < -0.4 is 11.1 Å². The number of carbonyl (C=O) groups excluding carboxylic acids is 1. The van der Waals surface area contributed by atoms with Crippen LogP contribution in [0.2, 0.25) is 0 Å². The third-order valence-corrected chi connectivity index (χ3v) is 3.65. The third-order valence-electron chi connectivity index (χ3n) is 3.65. The maximum absolute atomic E-state index is 12.0. The van der Waals surface area contributed by atoms with E-state index in [9.17, 15) is 4.79 Å². The maximum Gasteiger partial charge on any atom is 0.223 e. The highest BCUT2D eigenvalue weighted by molar-refractivity contribution is 5.79. The SMILES string of the molecule is NC1CCC(C(=O)NC2CCCOC2)CC1. The van der Waals surface area contributed by atoms with Gasteiger partial charge in [-0.2, -0.15) is 0 Å². The molecule has 0 spiro atoms. The van der Waals surface area contributed by atoms with Gasteiger partial charge in [0.1, 0.15) is 0 Å². The van der Waals surface area contributed by atoms with E-state index in [0.29, 0.717) is 12.6 Å². The van der Waals surface area contributed by atoms with E-state index in [1.54, 1.807) is 0 Å². The van der Waals surface area contributed by atoms with Crippen LogP contribution in [-0.4, -0.2) is 31.2 Å². The Hall–Kier alpha value is -0.610. The van der Waals surface area contributed by atoms with Crippen molar-refractivity contribution < 1.29 is 9.53 Å². The fraction of sp³-hybridized carbons (Fsp3) is 0.917. The minimum atomic E-state index is 0.182. The zero-order chi connectivity index (χ0) is 11.4. The van der Waals surface area contributed by atoms with E-state index in [2.05, 4.69) is 5.32 Å². The molecule has 0 aromatic carbocycles. The number of amides is 1. The summed E-state index contributed by atoms with van der Waals surface area (Å²) in [6.07, 6.45) is 5.97. The average molecular weight is 226 g/mol. The quantitative estimate of drug-likeness (QED) is 0.732. The van der Waals surface area contributed by atoms with E-state index in [1.807, 2.05) is 0 Å². The molecule has 1 saturated heterocycles. The molecule has 1 heterocycles. The van der Waals surface area contributed by atoms with Crippen LogP contribution in [0.4, 0.5) is 0 Å². The van der Waals surface area contributed by atoms with Gasteiger partial charge in [-0.1, -0.05) is 0 Å². The molecule has 1 atom stereocenters.